The Morgan fingerprint density at radius 1 is 1.50 bits per heavy atom. The minimum absolute atomic E-state index is 0.0665. The average molecular weight is 235 g/mol. The molecule has 0 fully saturated rings. The molecule has 16 heavy (non-hydrogen) atoms. The van der Waals surface area contributed by atoms with Crippen molar-refractivity contribution < 1.29 is 22.7 Å². The molecule has 1 rings (SSSR count). The van der Waals surface area contributed by atoms with Crippen molar-refractivity contribution in [1.82, 2.24) is 4.98 Å². The van der Waals surface area contributed by atoms with Crippen molar-refractivity contribution in [1.29, 1.82) is 0 Å². The summed E-state index contributed by atoms with van der Waals surface area (Å²) < 4.78 is 41.9. The van der Waals surface area contributed by atoms with E-state index in [-0.39, 0.29) is 6.61 Å². The maximum atomic E-state index is 12.5. The lowest BCUT2D eigenvalue weighted by atomic mass is 10.1. The zero-order valence-corrected chi connectivity index (χ0v) is 8.22. The summed E-state index contributed by atoms with van der Waals surface area (Å²) in [5.74, 6) is -1.17. The van der Waals surface area contributed by atoms with E-state index in [4.69, 9.17) is 0 Å². The molecule has 88 valence electrons. The number of carbonyl (C=O) groups is 1. The van der Waals surface area contributed by atoms with Gasteiger partial charge in [0.15, 0.2) is 0 Å². The highest BCUT2D eigenvalue weighted by molar-refractivity contribution is 5.91. The number of carbonyl (C=O) groups excluding carboxylic acids is 1. The van der Waals surface area contributed by atoms with Crippen LogP contribution in [0.4, 0.5) is 13.2 Å². The first-order valence-electron chi connectivity index (χ1n) is 4.34. The van der Waals surface area contributed by atoms with Crippen molar-refractivity contribution >= 4 is 5.97 Å². The molecule has 0 atom stereocenters. The molecule has 0 saturated heterocycles. The van der Waals surface area contributed by atoms with Crippen molar-refractivity contribution in [3.05, 3.63) is 33.7 Å². The third kappa shape index (κ3) is 2.41. The summed E-state index contributed by atoms with van der Waals surface area (Å²) in [6.45, 7) is 1.39. The second-order valence-electron chi connectivity index (χ2n) is 2.81. The molecule has 0 spiro atoms. The summed E-state index contributed by atoms with van der Waals surface area (Å²) in [7, 11) is 0. The Balaban J connectivity index is 3.35. The van der Waals surface area contributed by atoms with E-state index >= 15 is 0 Å². The van der Waals surface area contributed by atoms with Crippen LogP contribution >= 0.6 is 0 Å². The van der Waals surface area contributed by atoms with Crippen LogP contribution in [-0.4, -0.2) is 17.6 Å². The number of halogens is 3. The number of nitrogens with one attached hydrogen (secondary N) is 1. The lowest BCUT2D eigenvalue weighted by Crippen LogP contribution is -2.26. The van der Waals surface area contributed by atoms with Gasteiger partial charge in [0.05, 0.1) is 12.2 Å². The maximum Gasteiger partial charge on any atom is 0.422 e. The number of ether oxygens (including phenoxy) is 1. The Hall–Kier alpha value is -1.79. The van der Waals surface area contributed by atoms with Crippen LogP contribution in [-0.2, 0) is 10.9 Å². The van der Waals surface area contributed by atoms with Gasteiger partial charge in [-0.15, -0.1) is 0 Å². The molecular weight excluding hydrogens is 227 g/mol. The van der Waals surface area contributed by atoms with Crippen LogP contribution in [0.3, 0.4) is 0 Å². The zero-order valence-electron chi connectivity index (χ0n) is 8.22. The number of H-pyrrole nitrogens is 1. The van der Waals surface area contributed by atoms with Crippen LogP contribution < -0.4 is 5.56 Å². The first-order chi connectivity index (χ1) is 7.38. The third-order valence-corrected chi connectivity index (χ3v) is 1.74. The first kappa shape index (κ1) is 12.3. The molecule has 0 aliphatic heterocycles. The number of pyridine rings is 1. The van der Waals surface area contributed by atoms with Gasteiger partial charge in [-0.05, 0) is 13.0 Å². The van der Waals surface area contributed by atoms with Gasteiger partial charge in [0.2, 0.25) is 0 Å². The molecule has 0 radical (unpaired) electrons. The summed E-state index contributed by atoms with van der Waals surface area (Å²) in [6, 6.07) is 0.863. The van der Waals surface area contributed by atoms with Gasteiger partial charge in [0.1, 0.15) is 5.56 Å². The van der Waals surface area contributed by atoms with E-state index in [0.29, 0.717) is 0 Å². The van der Waals surface area contributed by atoms with Gasteiger partial charge in [0.25, 0.3) is 5.56 Å². The van der Waals surface area contributed by atoms with Crippen LogP contribution in [0.25, 0.3) is 0 Å². The molecule has 1 heterocycles. The fourth-order valence-electron chi connectivity index (χ4n) is 1.14. The topological polar surface area (TPSA) is 59.2 Å². The smallest absolute Gasteiger partial charge is 0.422 e. The van der Waals surface area contributed by atoms with Crippen molar-refractivity contribution in [2.45, 2.75) is 13.1 Å². The monoisotopic (exact) mass is 235 g/mol. The number of aromatic amines is 1. The molecular formula is C9H8F3NO3. The minimum Gasteiger partial charge on any atom is -0.462 e. The standard InChI is InChI=1S/C9H8F3NO3/c1-2-16-8(15)5-3-4-13-7(14)6(5)9(10,11)12/h3-4H,2H2,1H3,(H,13,14). The summed E-state index contributed by atoms with van der Waals surface area (Å²) in [5, 5.41) is 0. The lowest BCUT2D eigenvalue weighted by Gasteiger charge is -2.10. The molecule has 7 heteroatoms. The van der Waals surface area contributed by atoms with Crippen LogP contribution in [0.1, 0.15) is 22.8 Å². The number of aromatic nitrogens is 1. The van der Waals surface area contributed by atoms with E-state index in [1.807, 2.05) is 4.98 Å². The van der Waals surface area contributed by atoms with Gasteiger partial charge in [-0.1, -0.05) is 0 Å². The highest BCUT2D eigenvalue weighted by Gasteiger charge is 2.38. The predicted molar refractivity (Wildman–Crippen MR) is 48.0 cm³/mol. The van der Waals surface area contributed by atoms with E-state index in [2.05, 4.69) is 4.74 Å². The number of hydrogen-bond donors (Lipinski definition) is 1. The molecule has 0 aliphatic carbocycles. The van der Waals surface area contributed by atoms with Crippen LogP contribution in [0.15, 0.2) is 17.1 Å². The first-order valence-corrected chi connectivity index (χ1v) is 4.34. The fraction of sp³-hybridized carbons (Fsp3) is 0.333. The molecule has 0 aromatic carbocycles. The fourth-order valence-corrected chi connectivity index (χ4v) is 1.14. The molecule has 1 aromatic heterocycles. The molecule has 0 aliphatic rings. The number of esters is 1. The Labute approximate surface area is 88.0 Å². The highest BCUT2D eigenvalue weighted by atomic mass is 19.4. The van der Waals surface area contributed by atoms with E-state index in [1.54, 1.807) is 0 Å². The summed E-state index contributed by atoms with van der Waals surface area (Å²) in [6.07, 6.45) is -3.93. The number of hydrogen-bond acceptors (Lipinski definition) is 3. The van der Waals surface area contributed by atoms with Gasteiger partial charge in [-0.3, -0.25) is 4.79 Å². The summed E-state index contributed by atoms with van der Waals surface area (Å²) >= 11 is 0. The number of rotatable bonds is 2. The van der Waals surface area contributed by atoms with E-state index in [1.165, 1.54) is 6.92 Å². The van der Waals surface area contributed by atoms with E-state index < -0.39 is 28.8 Å². The molecule has 0 saturated carbocycles. The Kier molecular flexibility index (Phi) is 3.36. The molecule has 0 bridgehead atoms. The SMILES string of the molecule is CCOC(=O)c1cc[nH]c(=O)c1C(F)(F)F. The zero-order chi connectivity index (χ0) is 12.3. The van der Waals surface area contributed by atoms with Gasteiger partial charge >= 0.3 is 12.1 Å². The van der Waals surface area contributed by atoms with E-state index in [0.717, 1.165) is 12.3 Å². The van der Waals surface area contributed by atoms with Crippen LogP contribution in [0.5, 0.6) is 0 Å². The van der Waals surface area contributed by atoms with Crippen LogP contribution in [0.2, 0.25) is 0 Å². The quantitative estimate of drug-likeness (QED) is 0.791. The molecule has 1 aromatic rings. The van der Waals surface area contributed by atoms with Crippen molar-refractivity contribution in [3.63, 3.8) is 0 Å². The largest absolute Gasteiger partial charge is 0.462 e. The van der Waals surface area contributed by atoms with Crippen LogP contribution in [0, 0.1) is 0 Å². The van der Waals surface area contributed by atoms with E-state index in [9.17, 15) is 22.8 Å². The maximum absolute atomic E-state index is 12.5. The van der Waals surface area contributed by atoms with Gasteiger partial charge < -0.3 is 9.72 Å². The third-order valence-electron chi connectivity index (χ3n) is 1.74. The van der Waals surface area contributed by atoms with Crippen molar-refractivity contribution in [2.75, 3.05) is 6.61 Å². The summed E-state index contributed by atoms with van der Waals surface area (Å²) in [5.41, 5.74) is -3.68. The summed E-state index contributed by atoms with van der Waals surface area (Å²) in [4.78, 5) is 24.1. The van der Waals surface area contributed by atoms with Crippen molar-refractivity contribution in [3.8, 4) is 0 Å². The predicted octanol–water partition coefficient (Wildman–Crippen LogP) is 1.57. The molecule has 0 amide bonds. The second kappa shape index (κ2) is 4.38. The molecule has 1 N–H and O–H groups in total. The van der Waals surface area contributed by atoms with Crippen molar-refractivity contribution in [2.24, 2.45) is 0 Å². The normalized spacial score (nSPS) is 11.2. The van der Waals surface area contributed by atoms with Gasteiger partial charge in [-0.2, -0.15) is 13.2 Å². The minimum atomic E-state index is -4.89. The Morgan fingerprint density at radius 2 is 2.12 bits per heavy atom. The number of alkyl halides is 3. The highest BCUT2D eigenvalue weighted by Crippen LogP contribution is 2.29. The average Bonchev–Trinajstić information content (AvgIpc) is 2.15. The molecule has 0 unspecified atom stereocenters. The van der Waals surface area contributed by atoms with Gasteiger partial charge in [-0.25, -0.2) is 4.79 Å². The Bertz CT molecular complexity index is 450. The van der Waals surface area contributed by atoms with Gasteiger partial charge in [0, 0.05) is 6.20 Å². The Morgan fingerprint density at radius 3 is 2.62 bits per heavy atom. The lowest BCUT2D eigenvalue weighted by molar-refractivity contribution is -0.139. The second-order valence-corrected chi connectivity index (χ2v) is 2.81. The molecule has 4 nitrogen and oxygen atoms in total.